The maximum atomic E-state index is 13.0. The Balaban J connectivity index is 1.59. The van der Waals surface area contributed by atoms with Gasteiger partial charge in [0.15, 0.2) is 0 Å². The van der Waals surface area contributed by atoms with Crippen LogP contribution in [0.1, 0.15) is 45.6 Å². The zero-order chi connectivity index (χ0) is 18.2. The first-order valence-electron chi connectivity index (χ1n) is 8.74. The van der Waals surface area contributed by atoms with Gasteiger partial charge < -0.3 is 15.0 Å². The van der Waals surface area contributed by atoms with E-state index in [4.69, 9.17) is 16.3 Å². The number of nitrogens with zero attached hydrogens (tertiary/aromatic N) is 1. The van der Waals surface area contributed by atoms with Crippen molar-refractivity contribution in [3.8, 4) is 0 Å². The molecule has 1 aromatic rings. The average Bonchev–Trinajstić information content (AvgIpc) is 3.19. The van der Waals surface area contributed by atoms with Gasteiger partial charge in [-0.3, -0.25) is 4.79 Å². The van der Waals surface area contributed by atoms with E-state index >= 15 is 0 Å². The predicted octanol–water partition coefficient (Wildman–Crippen LogP) is 3.50. The van der Waals surface area contributed by atoms with Gasteiger partial charge in [0.2, 0.25) is 5.91 Å². The van der Waals surface area contributed by atoms with Crippen LogP contribution in [0.25, 0.3) is 0 Å². The van der Waals surface area contributed by atoms with Gasteiger partial charge in [0.05, 0.1) is 12.0 Å². The number of amides is 2. The molecule has 0 aromatic heterocycles. The van der Waals surface area contributed by atoms with Gasteiger partial charge in [0.25, 0.3) is 0 Å². The molecule has 2 amide bonds. The molecule has 1 aliphatic heterocycles. The van der Waals surface area contributed by atoms with Gasteiger partial charge in [-0.05, 0) is 51.3 Å². The molecular formula is C19H25ClN2O3. The minimum absolute atomic E-state index is 0.136. The quantitative estimate of drug-likeness (QED) is 0.893. The molecular weight excluding hydrogens is 340 g/mol. The van der Waals surface area contributed by atoms with Crippen molar-refractivity contribution in [3.63, 3.8) is 0 Å². The number of benzene rings is 1. The monoisotopic (exact) mass is 364 g/mol. The molecule has 0 bridgehead atoms. The highest BCUT2D eigenvalue weighted by Crippen LogP contribution is 2.50. The maximum Gasteiger partial charge on any atom is 0.407 e. The summed E-state index contributed by atoms with van der Waals surface area (Å²) in [4.78, 5) is 26.7. The Bertz CT molecular complexity index is 662. The fourth-order valence-corrected chi connectivity index (χ4v) is 3.44. The predicted molar refractivity (Wildman–Crippen MR) is 96.7 cm³/mol. The van der Waals surface area contributed by atoms with Crippen molar-refractivity contribution in [3.05, 3.63) is 34.9 Å². The molecule has 2 fully saturated rings. The normalized spacial score (nSPS) is 21.8. The molecule has 1 heterocycles. The van der Waals surface area contributed by atoms with Gasteiger partial charge in [-0.2, -0.15) is 0 Å². The number of ether oxygens (including phenoxy) is 1. The summed E-state index contributed by atoms with van der Waals surface area (Å²) >= 11 is 5.95. The number of likely N-dealkylation sites (tertiary alicyclic amines) is 1. The first-order valence-corrected chi connectivity index (χ1v) is 9.12. The summed E-state index contributed by atoms with van der Waals surface area (Å²) in [5.41, 5.74) is 0.280. The van der Waals surface area contributed by atoms with E-state index in [1.54, 1.807) is 0 Å². The Morgan fingerprint density at radius 1 is 1.24 bits per heavy atom. The van der Waals surface area contributed by atoms with Crippen LogP contribution in [-0.2, 0) is 14.9 Å². The maximum absolute atomic E-state index is 13.0. The van der Waals surface area contributed by atoms with Crippen molar-refractivity contribution in [1.29, 1.82) is 0 Å². The lowest BCUT2D eigenvalue weighted by atomic mass is 9.94. The fraction of sp³-hybridized carbons (Fsp3) is 0.579. The second kappa shape index (κ2) is 6.52. The summed E-state index contributed by atoms with van der Waals surface area (Å²) in [6, 6.07) is 7.54. The van der Waals surface area contributed by atoms with E-state index in [2.05, 4.69) is 5.32 Å². The zero-order valence-corrected chi connectivity index (χ0v) is 15.7. The molecule has 6 heteroatoms. The van der Waals surface area contributed by atoms with Gasteiger partial charge in [-0.25, -0.2) is 4.79 Å². The smallest absolute Gasteiger partial charge is 0.407 e. The van der Waals surface area contributed by atoms with E-state index in [1.807, 2.05) is 49.9 Å². The number of halogens is 1. The number of nitrogens with one attached hydrogen (secondary N) is 1. The minimum Gasteiger partial charge on any atom is -0.444 e. The van der Waals surface area contributed by atoms with Crippen molar-refractivity contribution in [2.75, 3.05) is 13.1 Å². The van der Waals surface area contributed by atoms with Crippen molar-refractivity contribution < 1.29 is 14.3 Å². The SMILES string of the molecule is CC(C)(C)NC(=O)O[C@H]1CCN(C(=O)C2(c3ccc(Cl)cc3)CC2)C1. The van der Waals surface area contributed by atoms with Crippen LogP contribution in [0.4, 0.5) is 4.79 Å². The second-order valence-electron chi connectivity index (χ2n) is 8.03. The molecule has 1 aromatic carbocycles. The van der Waals surface area contributed by atoms with Crippen molar-refractivity contribution in [1.82, 2.24) is 10.2 Å². The van der Waals surface area contributed by atoms with Crippen molar-refractivity contribution >= 4 is 23.6 Å². The van der Waals surface area contributed by atoms with Gasteiger partial charge in [0.1, 0.15) is 6.10 Å². The number of hydrogen-bond donors (Lipinski definition) is 1. The fourth-order valence-electron chi connectivity index (χ4n) is 3.32. The van der Waals surface area contributed by atoms with E-state index in [1.165, 1.54) is 0 Å². The third-order valence-electron chi connectivity index (χ3n) is 4.74. The van der Waals surface area contributed by atoms with Gasteiger partial charge in [-0.15, -0.1) is 0 Å². The first kappa shape index (κ1) is 18.1. The lowest BCUT2D eigenvalue weighted by Crippen LogP contribution is -2.43. The number of hydrogen-bond acceptors (Lipinski definition) is 3. The van der Waals surface area contributed by atoms with E-state index < -0.39 is 11.5 Å². The summed E-state index contributed by atoms with van der Waals surface area (Å²) in [6.07, 6.45) is 1.73. The van der Waals surface area contributed by atoms with Crippen LogP contribution in [0.5, 0.6) is 0 Å². The summed E-state index contributed by atoms with van der Waals surface area (Å²) in [7, 11) is 0. The third kappa shape index (κ3) is 4.09. The molecule has 0 spiro atoms. The molecule has 25 heavy (non-hydrogen) atoms. The van der Waals surface area contributed by atoms with Crippen LogP contribution in [0, 0.1) is 0 Å². The van der Waals surface area contributed by atoms with Crippen LogP contribution in [0.15, 0.2) is 24.3 Å². The number of rotatable bonds is 3. The first-order chi connectivity index (χ1) is 11.7. The Morgan fingerprint density at radius 3 is 2.44 bits per heavy atom. The highest BCUT2D eigenvalue weighted by atomic mass is 35.5. The molecule has 1 atom stereocenters. The molecule has 1 aliphatic carbocycles. The van der Waals surface area contributed by atoms with Crippen LogP contribution in [0.3, 0.4) is 0 Å². The van der Waals surface area contributed by atoms with Crippen molar-refractivity contribution in [2.45, 2.75) is 57.1 Å². The Labute approximate surface area is 153 Å². The van der Waals surface area contributed by atoms with E-state index in [0.29, 0.717) is 24.5 Å². The number of alkyl carbamates (subject to hydrolysis) is 1. The molecule has 2 aliphatic rings. The number of carbonyl (C=O) groups excluding carboxylic acids is 2. The summed E-state index contributed by atoms with van der Waals surface area (Å²) < 4.78 is 5.46. The molecule has 1 N–H and O–H groups in total. The zero-order valence-electron chi connectivity index (χ0n) is 15.0. The summed E-state index contributed by atoms with van der Waals surface area (Å²) in [6.45, 7) is 6.80. The van der Waals surface area contributed by atoms with Crippen LogP contribution in [0.2, 0.25) is 5.02 Å². The number of carbonyl (C=O) groups is 2. The van der Waals surface area contributed by atoms with Crippen molar-refractivity contribution in [2.24, 2.45) is 0 Å². The highest BCUT2D eigenvalue weighted by molar-refractivity contribution is 6.30. The third-order valence-corrected chi connectivity index (χ3v) is 4.99. The molecule has 5 nitrogen and oxygen atoms in total. The lowest BCUT2D eigenvalue weighted by molar-refractivity contribution is -0.133. The Morgan fingerprint density at radius 2 is 1.88 bits per heavy atom. The molecule has 1 saturated heterocycles. The Kier molecular flexibility index (Phi) is 4.71. The van der Waals surface area contributed by atoms with E-state index in [-0.39, 0.29) is 17.6 Å². The Hall–Kier alpha value is -1.75. The molecule has 0 unspecified atom stereocenters. The minimum atomic E-state index is -0.425. The molecule has 3 rings (SSSR count). The lowest BCUT2D eigenvalue weighted by Gasteiger charge is -2.24. The van der Waals surface area contributed by atoms with Crippen LogP contribution >= 0.6 is 11.6 Å². The molecule has 136 valence electrons. The average molecular weight is 365 g/mol. The van der Waals surface area contributed by atoms with Crippen LogP contribution in [-0.4, -0.2) is 41.6 Å². The van der Waals surface area contributed by atoms with E-state index in [9.17, 15) is 9.59 Å². The molecule has 1 saturated carbocycles. The van der Waals surface area contributed by atoms with Gasteiger partial charge in [0, 0.05) is 23.5 Å². The van der Waals surface area contributed by atoms with E-state index in [0.717, 1.165) is 18.4 Å². The van der Waals surface area contributed by atoms with Gasteiger partial charge >= 0.3 is 6.09 Å². The standard InChI is InChI=1S/C19H25ClN2O3/c1-18(2,3)21-17(24)25-15-8-11-22(12-15)16(23)19(9-10-19)13-4-6-14(20)7-5-13/h4-7,15H,8-12H2,1-3H3,(H,21,24)/t15-/m0/s1. The van der Waals surface area contributed by atoms with Gasteiger partial charge in [-0.1, -0.05) is 23.7 Å². The van der Waals surface area contributed by atoms with Crippen LogP contribution < -0.4 is 5.32 Å². The summed E-state index contributed by atoms with van der Waals surface area (Å²) in [5.74, 6) is 0.136. The summed E-state index contributed by atoms with van der Waals surface area (Å²) in [5, 5.41) is 3.46. The largest absolute Gasteiger partial charge is 0.444 e. The molecule has 0 radical (unpaired) electrons. The second-order valence-corrected chi connectivity index (χ2v) is 8.47. The highest BCUT2D eigenvalue weighted by Gasteiger charge is 2.53. The topological polar surface area (TPSA) is 58.6 Å².